The van der Waals surface area contributed by atoms with E-state index in [9.17, 15) is 66.1 Å². The van der Waals surface area contributed by atoms with E-state index in [1.165, 1.54) is 24.0 Å². The van der Waals surface area contributed by atoms with Gasteiger partial charge in [-0.1, -0.05) is 71.4 Å². The molecule has 5 atom stereocenters. The molecule has 1 aliphatic heterocycles. The number of nitrogens with two attached hydrogens (primary N) is 1. The molecule has 0 radical (unpaired) electrons. The minimum atomic E-state index is -5.08. The fourth-order valence-corrected chi connectivity index (χ4v) is 8.17. The number of imide groups is 1. The Balaban J connectivity index is 0.00000219. The van der Waals surface area contributed by atoms with Gasteiger partial charge in [0.05, 0.1) is 17.8 Å². The van der Waals surface area contributed by atoms with Crippen molar-refractivity contribution < 1.29 is 80.4 Å². The van der Waals surface area contributed by atoms with Crippen LogP contribution in [0.1, 0.15) is 110 Å². The SMILES string of the molecule is CC(C)[C@H](NC(=O)CCCCCN1C(=O)C=CC1=O)C(=O)N[C@@H](C)C(=O)N[C@@H](CCCCNC(=O)[C@@H](N)CCN(C(=O)CO)[C@@H](c1nc(-c2cc(F)ccc2F)cn1Cc1ccccc1)C(C)(C)C)C(=O)O.O=C(O)C(F)(F)F. The number of aromatic nitrogens is 2. The molecule has 4 rings (SSSR count). The maximum absolute atomic E-state index is 15.1. The van der Waals surface area contributed by atoms with Crippen LogP contribution in [0.2, 0.25) is 0 Å². The van der Waals surface area contributed by atoms with E-state index in [1.54, 1.807) is 24.6 Å². The Bertz CT molecular complexity index is 2620. The van der Waals surface area contributed by atoms with Crippen LogP contribution in [0.15, 0.2) is 66.9 Å². The Morgan fingerprint density at radius 1 is 0.797 bits per heavy atom. The van der Waals surface area contributed by atoms with Gasteiger partial charge in [-0.25, -0.2) is 23.4 Å². The van der Waals surface area contributed by atoms with E-state index in [-0.39, 0.29) is 80.9 Å². The molecule has 9 N–H and O–H groups in total. The highest BCUT2D eigenvalue weighted by molar-refractivity contribution is 6.12. The predicted octanol–water partition coefficient (Wildman–Crippen LogP) is 4.12. The number of carboxylic acid groups (broad SMARTS) is 2. The van der Waals surface area contributed by atoms with Gasteiger partial charge >= 0.3 is 18.1 Å². The third kappa shape index (κ3) is 20.9. The van der Waals surface area contributed by atoms with Crippen LogP contribution in [0, 0.1) is 23.0 Å². The van der Waals surface area contributed by atoms with Crippen molar-refractivity contribution in [3.05, 3.63) is 89.9 Å². The molecule has 26 heteroatoms. The Labute approximate surface area is 453 Å². The van der Waals surface area contributed by atoms with Crippen LogP contribution in [0.4, 0.5) is 22.0 Å². The summed E-state index contributed by atoms with van der Waals surface area (Å²) in [5.74, 6) is -9.25. The van der Waals surface area contributed by atoms with Crippen LogP contribution in [0.3, 0.4) is 0 Å². The van der Waals surface area contributed by atoms with E-state index >= 15 is 4.39 Å². The number of rotatable bonds is 28. The van der Waals surface area contributed by atoms with Gasteiger partial charge in [-0.2, -0.15) is 13.2 Å². The van der Waals surface area contributed by atoms with Crippen molar-refractivity contribution in [3.8, 4) is 11.3 Å². The van der Waals surface area contributed by atoms with E-state index in [0.717, 1.165) is 28.7 Å². The van der Waals surface area contributed by atoms with Crippen molar-refractivity contribution in [2.75, 3.05) is 26.2 Å². The van der Waals surface area contributed by atoms with E-state index in [2.05, 4.69) is 21.3 Å². The number of alkyl halides is 3. The third-order valence-electron chi connectivity index (χ3n) is 12.3. The number of aliphatic carboxylic acids is 2. The summed E-state index contributed by atoms with van der Waals surface area (Å²) < 4.78 is 62.9. The summed E-state index contributed by atoms with van der Waals surface area (Å²) in [5, 5.41) is 37.5. The molecule has 434 valence electrons. The molecule has 79 heavy (non-hydrogen) atoms. The molecule has 0 fully saturated rings. The molecule has 0 bridgehead atoms. The van der Waals surface area contributed by atoms with Crippen molar-refractivity contribution in [1.29, 1.82) is 0 Å². The summed E-state index contributed by atoms with van der Waals surface area (Å²) in [7, 11) is 0. The summed E-state index contributed by atoms with van der Waals surface area (Å²) >= 11 is 0. The van der Waals surface area contributed by atoms with Crippen molar-refractivity contribution in [2.45, 2.75) is 136 Å². The number of halogens is 5. The number of benzene rings is 2. The normalized spacial score (nSPS) is 14.3. The lowest BCUT2D eigenvalue weighted by molar-refractivity contribution is -0.192. The summed E-state index contributed by atoms with van der Waals surface area (Å²) in [6.07, 6.45) is 1.01. The van der Waals surface area contributed by atoms with Gasteiger partial charge in [-0.3, -0.25) is 38.5 Å². The second-order valence-corrected chi connectivity index (χ2v) is 20.1. The smallest absolute Gasteiger partial charge is 0.480 e. The van der Waals surface area contributed by atoms with Crippen molar-refractivity contribution in [1.82, 2.24) is 40.6 Å². The standard InChI is InChI=1S/C51H69F2N9O10.C2HF3O2/c1-31(2)44(59-40(64)18-11-8-14-25-61-41(65)21-22-42(61)66)49(70)56-32(3)47(68)58-38(50(71)72)17-12-13-24-55-48(69)37(54)23-26-62(43(67)30-63)45(51(4,5)6)46-57-39(35-27-34(52)19-20-36(35)53)29-60(46)28-33-15-9-7-10-16-33;3-2(4,5)1(6)7/h7,9-10,15-16,19-22,27,29,31-32,37-38,44-45,63H,8,11-14,17-18,23-26,28,30,54H2,1-6H3,(H,55,69)(H,56,70)(H,58,68)(H,59,64)(H,71,72);(H,6,7)/t32-,37-,38-,44-,45-;/m0./s1. The number of hydrogen-bond acceptors (Lipinski definition) is 12. The Morgan fingerprint density at radius 3 is 2.00 bits per heavy atom. The molecular formula is C53H70F5N9O12. The van der Waals surface area contributed by atoms with E-state index in [4.69, 9.17) is 20.6 Å². The highest BCUT2D eigenvalue weighted by Gasteiger charge is 2.40. The molecule has 0 aliphatic carbocycles. The van der Waals surface area contributed by atoms with E-state index in [0.29, 0.717) is 31.5 Å². The minimum absolute atomic E-state index is 0.0180. The molecule has 21 nitrogen and oxygen atoms in total. The van der Waals surface area contributed by atoms with Crippen LogP contribution in [-0.4, -0.2) is 145 Å². The fraction of sp³-hybridized carbons (Fsp3) is 0.509. The van der Waals surface area contributed by atoms with E-state index in [1.807, 2.05) is 51.1 Å². The fourth-order valence-electron chi connectivity index (χ4n) is 8.17. The molecule has 7 amide bonds. The number of aliphatic hydroxyl groups excluding tert-OH is 1. The number of nitrogens with one attached hydrogen (secondary N) is 4. The number of carbonyl (C=O) groups is 9. The Morgan fingerprint density at radius 2 is 1.43 bits per heavy atom. The first-order chi connectivity index (χ1) is 37.0. The topological polar surface area (TPSA) is 313 Å². The van der Waals surface area contributed by atoms with Crippen LogP contribution >= 0.6 is 0 Å². The number of amides is 7. The lowest BCUT2D eigenvalue weighted by Crippen LogP contribution is -2.56. The largest absolute Gasteiger partial charge is 0.490 e. The van der Waals surface area contributed by atoms with Gasteiger partial charge in [0.2, 0.25) is 29.5 Å². The zero-order chi connectivity index (χ0) is 59.4. The van der Waals surface area contributed by atoms with Crippen LogP contribution < -0.4 is 27.0 Å². The summed E-state index contributed by atoms with van der Waals surface area (Å²) in [6.45, 7) is 10.0. The molecule has 1 aromatic heterocycles. The first-order valence-electron chi connectivity index (χ1n) is 25.4. The molecule has 0 saturated heterocycles. The highest BCUT2D eigenvalue weighted by Crippen LogP contribution is 2.39. The minimum Gasteiger partial charge on any atom is -0.480 e. The molecule has 0 saturated carbocycles. The first kappa shape index (κ1) is 65.7. The number of hydrogen-bond donors (Lipinski definition) is 8. The first-order valence-corrected chi connectivity index (χ1v) is 25.4. The molecule has 2 aromatic carbocycles. The van der Waals surface area contributed by atoms with E-state index < -0.39 is 102 Å². The predicted molar refractivity (Wildman–Crippen MR) is 276 cm³/mol. The summed E-state index contributed by atoms with van der Waals surface area (Å²) in [5.41, 5.74) is 6.48. The zero-order valence-electron chi connectivity index (χ0n) is 44.8. The second-order valence-electron chi connectivity index (χ2n) is 20.1. The number of unbranched alkanes of at least 4 members (excludes halogenated alkanes) is 3. The molecule has 2 heterocycles. The molecule has 3 aromatic rings. The zero-order valence-corrected chi connectivity index (χ0v) is 44.8. The Hall–Kier alpha value is -7.61. The maximum atomic E-state index is 15.1. The van der Waals surface area contributed by atoms with Gasteiger partial charge in [0.15, 0.2) is 0 Å². The van der Waals surface area contributed by atoms with Crippen molar-refractivity contribution in [2.24, 2.45) is 17.1 Å². The van der Waals surface area contributed by atoms with Gasteiger partial charge in [0, 0.05) is 56.5 Å². The maximum Gasteiger partial charge on any atom is 0.490 e. The van der Waals surface area contributed by atoms with Gasteiger partial charge in [-0.15, -0.1) is 0 Å². The number of aliphatic hydroxyl groups is 1. The average Bonchev–Trinajstić information content (AvgIpc) is 3.94. The van der Waals surface area contributed by atoms with Crippen LogP contribution in [-0.2, 0) is 49.7 Å². The number of carboxylic acids is 2. The van der Waals surface area contributed by atoms with Gasteiger partial charge < -0.3 is 51.8 Å². The van der Waals surface area contributed by atoms with Crippen LogP contribution in [0.25, 0.3) is 11.3 Å². The van der Waals surface area contributed by atoms with Crippen molar-refractivity contribution in [3.63, 3.8) is 0 Å². The number of carbonyl (C=O) groups excluding carboxylic acids is 7. The lowest BCUT2D eigenvalue weighted by Gasteiger charge is -2.40. The van der Waals surface area contributed by atoms with Crippen molar-refractivity contribution >= 4 is 53.3 Å². The Kier molecular flexibility index (Phi) is 25.4. The molecule has 1 aliphatic rings. The monoisotopic (exact) mass is 1120 g/mol. The third-order valence-corrected chi connectivity index (χ3v) is 12.3. The van der Waals surface area contributed by atoms with Crippen LogP contribution in [0.5, 0.6) is 0 Å². The number of nitrogens with zero attached hydrogens (tertiary/aromatic N) is 4. The lowest BCUT2D eigenvalue weighted by atomic mass is 9.84. The second kappa shape index (κ2) is 30.5. The average molecular weight is 1120 g/mol. The van der Waals surface area contributed by atoms with Gasteiger partial charge in [0.25, 0.3) is 11.8 Å². The summed E-state index contributed by atoms with van der Waals surface area (Å²) in [6, 6.07) is 6.91. The quantitative estimate of drug-likeness (QED) is 0.0288. The highest BCUT2D eigenvalue weighted by atomic mass is 19.4. The molecular weight excluding hydrogens is 1050 g/mol. The molecule has 0 unspecified atom stereocenters. The number of imidazole rings is 1. The molecule has 0 spiro atoms. The van der Waals surface area contributed by atoms with Gasteiger partial charge in [-0.05, 0) is 80.5 Å². The summed E-state index contributed by atoms with van der Waals surface area (Å²) in [4.78, 5) is 117. The van der Waals surface area contributed by atoms with Gasteiger partial charge in [0.1, 0.15) is 42.2 Å².